The minimum atomic E-state index is -0.293. The number of hydrogen-bond donors (Lipinski definition) is 2. The maximum absolute atomic E-state index is 11.9. The minimum Gasteiger partial charge on any atom is -0.469 e. The van der Waals surface area contributed by atoms with Crippen molar-refractivity contribution < 1.29 is 14.3 Å². The lowest BCUT2D eigenvalue weighted by Crippen LogP contribution is -2.53. The molecule has 4 aliphatic rings. The average Bonchev–Trinajstić information content (AvgIpc) is 2.76. The fraction of sp³-hybridized carbons (Fsp3) is 0.857. The molecular weight excluding hydrogens is 244 g/mol. The van der Waals surface area contributed by atoms with Crippen LogP contribution in [0.4, 0.5) is 4.79 Å². The molecule has 4 saturated carbocycles. The highest BCUT2D eigenvalue weighted by Gasteiger charge is 2.56. The molecule has 5 nitrogen and oxygen atoms in total. The largest absolute Gasteiger partial charge is 0.469 e. The first-order chi connectivity index (χ1) is 9.10. The zero-order valence-electron chi connectivity index (χ0n) is 11.4. The van der Waals surface area contributed by atoms with Crippen LogP contribution in [-0.4, -0.2) is 31.2 Å². The summed E-state index contributed by atoms with van der Waals surface area (Å²) in [5, 5.41) is 5.93. The third-order valence-corrected chi connectivity index (χ3v) is 5.15. The molecule has 0 heterocycles. The third-order valence-electron chi connectivity index (χ3n) is 5.15. The number of methoxy groups -OCH3 is 1. The van der Waals surface area contributed by atoms with E-state index in [0.717, 1.165) is 37.0 Å². The van der Waals surface area contributed by atoms with Crippen molar-refractivity contribution in [2.45, 2.75) is 44.1 Å². The number of esters is 1. The van der Waals surface area contributed by atoms with Crippen molar-refractivity contribution in [2.75, 3.05) is 13.7 Å². The van der Waals surface area contributed by atoms with Gasteiger partial charge in [0.1, 0.15) is 0 Å². The maximum Gasteiger partial charge on any atom is 0.315 e. The number of carbonyl (C=O) groups excluding carboxylic acids is 2. The fourth-order valence-corrected chi connectivity index (χ4v) is 4.63. The summed E-state index contributed by atoms with van der Waals surface area (Å²) in [6.45, 7) is 0.338. The number of hydrogen-bond acceptors (Lipinski definition) is 3. The van der Waals surface area contributed by atoms with E-state index in [0.29, 0.717) is 6.54 Å². The molecule has 2 amide bonds. The van der Waals surface area contributed by atoms with Crippen molar-refractivity contribution in [3.8, 4) is 0 Å². The molecule has 4 aliphatic carbocycles. The van der Waals surface area contributed by atoms with Crippen LogP contribution in [0, 0.1) is 17.8 Å². The first kappa shape index (κ1) is 12.8. The third kappa shape index (κ3) is 2.42. The molecule has 106 valence electrons. The highest BCUT2D eigenvalue weighted by Crippen LogP contribution is 2.59. The topological polar surface area (TPSA) is 67.4 Å². The summed E-state index contributed by atoms with van der Waals surface area (Å²) < 4.78 is 4.54. The Hall–Kier alpha value is -1.26. The Kier molecular flexibility index (Phi) is 3.15. The molecule has 0 aliphatic heterocycles. The standard InChI is InChI=1S/C14H22N2O3/c1-19-12(17)2-3-15-13(18)16-14-6-9-4-10(7-14)11(5-9)8-14/h9-11H,2-8H2,1H3,(H2,15,16,18). The molecule has 0 aromatic rings. The molecule has 0 saturated heterocycles. The molecule has 0 radical (unpaired) electrons. The van der Waals surface area contributed by atoms with E-state index in [9.17, 15) is 9.59 Å². The summed E-state index contributed by atoms with van der Waals surface area (Å²) in [6, 6.07) is -0.133. The second kappa shape index (κ2) is 4.69. The minimum absolute atomic E-state index is 0.0475. The Morgan fingerprint density at radius 2 is 1.89 bits per heavy atom. The van der Waals surface area contributed by atoms with Crippen LogP contribution in [0.15, 0.2) is 0 Å². The summed E-state index contributed by atoms with van der Waals surface area (Å²) in [6.07, 6.45) is 6.42. The molecule has 4 fully saturated rings. The number of rotatable bonds is 4. The Morgan fingerprint density at radius 1 is 1.21 bits per heavy atom. The van der Waals surface area contributed by atoms with E-state index < -0.39 is 0 Å². The first-order valence-electron chi connectivity index (χ1n) is 7.23. The summed E-state index contributed by atoms with van der Waals surface area (Å²) >= 11 is 0. The molecule has 0 aromatic heterocycles. The number of amides is 2. The van der Waals surface area contributed by atoms with Crippen LogP contribution >= 0.6 is 0 Å². The monoisotopic (exact) mass is 266 g/mol. The molecule has 2 N–H and O–H groups in total. The molecule has 0 aromatic carbocycles. The maximum atomic E-state index is 11.9. The second-order valence-electron chi connectivity index (χ2n) is 6.46. The molecule has 2 unspecified atom stereocenters. The quantitative estimate of drug-likeness (QED) is 0.756. The Balaban J connectivity index is 1.47. The van der Waals surface area contributed by atoms with Crippen LogP contribution in [0.5, 0.6) is 0 Å². The Labute approximate surface area is 113 Å². The van der Waals surface area contributed by atoms with E-state index in [4.69, 9.17) is 0 Å². The van der Waals surface area contributed by atoms with Crippen molar-refractivity contribution in [1.82, 2.24) is 10.6 Å². The number of ether oxygens (including phenoxy) is 1. The Bertz CT molecular complexity index is 377. The van der Waals surface area contributed by atoms with Crippen molar-refractivity contribution in [1.29, 1.82) is 0 Å². The number of carbonyl (C=O) groups is 2. The summed E-state index contributed by atoms with van der Waals surface area (Å²) in [5.74, 6) is 2.22. The van der Waals surface area contributed by atoms with Crippen molar-refractivity contribution in [3.05, 3.63) is 0 Å². The second-order valence-corrected chi connectivity index (χ2v) is 6.46. The average molecular weight is 266 g/mol. The van der Waals surface area contributed by atoms with Crippen LogP contribution in [0.25, 0.3) is 0 Å². The van der Waals surface area contributed by atoms with E-state index in [1.807, 2.05) is 0 Å². The van der Waals surface area contributed by atoms with E-state index in [1.54, 1.807) is 0 Å². The smallest absolute Gasteiger partial charge is 0.315 e. The zero-order chi connectivity index (χ0) is 13.5. The van der Waals surface area contributed by atoms with Crippen LogP contribution in [0.3, 0.4) is 0 Å². The van der Waals surface area contributed by atoms with Gasteiger partial charge in [-0.1, -0.05) is 0 Å². The van der Waals surface area contributed by atoms with Crippen molar-refractivity contribution in [3.63, 3.8) is 0 Å². The van der Waals surface area contributed by atoms with Gasteiger partial charge in [0.2, 0.25) is 0 Å². The number of urea groups is 1. The summed E-state index contributed by atoms with van der Waals surface area (Å²) in [4.78, 5) is 22.9. The van der Waals surface area contributed by atoms with Crippen LogP contribution < -0.4 is 10.6 Å². The zero-order valence-corrected chi connectivity index (χ0v) is 11.4. The molecule has 19 heavy (non-hydrogen) atoms. The van der Waals surface area contributed by atoms with Gasteiger partial charge in [-0.15, -0.1) is 0 Å². The fourth-order valence-electron chi connectivity index (χ4n) is 4.63. The van der Waals surface area contributed by atoms with Gasteiger partial charge in [-0.25, -0.2) is 4.79 Å². The first-order valence-corrected chi connectivity index (χ1v) is 7.23. The van der Waals surface area contributed by atoms with Gasteiger partial charge in [-0.05, 0) is 49.9 Å². The van der Waals surface area contributed by atoms with Crippen molar-refractivity contribution in [2.24, 2.45) is 17.8 Å². The van der Waals surface area contributed by atoms with Crippen LogP contribution in [-0.2, 0) is 9.53 Å². The highest BCUT2D eigenvalue weighted by atomic mass is 16.5. The highest BCUT2D eigenvalue weighted by molar-refractivity contribution is 5.76. The van der Waals surface area contributed by atoms with E-state index in [2.05, 4.69) is 15.4 Å². The predicted molar refractivity (Wildman–Crippen MR) is 69.5 cm³/mol. The van der Waals surface area contributed by atoms with E-state index in [1.165, 1.54) is 20.0 Å². The van der Waals surface area contributed by atoms with Gasteiger partial charge in [0, 0.05) is 12.1 Å². The van der Waals surface area contributed by atoms with Gasteiger partial charge < -0.3 is 15.4 Å². The van der Waals surface area contributed by atoms with Gasteiger partial charge in [0.25, 0.3) is 0 Å². The van der Waals surface area contributed by atoms with Gasteiger partial charge in [-0.3, -0.25) is 4.79 Å². The van der Waals surface area contributed by atoms with Crippen LogP contribution in [0.2, 0.25) is 0 Å². The van der Waals surface area contributed by atoms with E-state index >= 15 is 0 Å². The lowest BCUT2D eigenvalue weighted by atomic mass is 9.76. The van der Waals surface area contributed by atoms with E-state index in [-0.39, 0.29) is 24.0 Å². The SMILES string of the molecule is COC(=O)CCNC(=O)NC12CC3CC(C1)C(C3)C2. The molecule has 0 spiro atoms. The van der Waals surface area contributed by atoms with Gasteiger partial charge in [0.05, 0.1) is 13.5 Å². The molecule has 4 bridgehead atoms. The predicted octanol–water partition coefficient (Wildman–Crippen LogP) is 1.43. The van der Waals surface area contributed by atoms with Crippen LogP contribution in [0.1, 0.15) is 38.5 Å². The molecular formula is C14H22N2O3. The molecule has 2 atom stereocenters. The molecule has 4 rings (SSSR count). The normalized spacial score (nSPS) is 38.3. The number of nitrogens with one attached hydrogen (secondary N) is 2. The lowest BCUT2D eigenvalue weighted by molar-refractivity contribution is -0.140. The van der Waals surface area contributed by atoms with Gasteiger partial charge in [-0.2, -0.15) is 0 Å². The molecule has 5 heteroatoms. The lowest BCUT2D eigenvalue weighted by Gasteiger charge is -2.39. The van der Waals surface area contributed by atoms with Gasteiger partial charge >= 0.3 is 12.0 Å². The summed E-state index contributed by atoms with van der Waals surface area (Å²) in [5.41, 5.74) is 0.0475. The van der Waals surface area contributed by atoms with Gasteiger partial charge in [0.15, 0.2) is 0 Å². The van der Waals surface area contributed by atoms with Crippen molar-refractivity contribution >= 4 is 12.0 Å². The summed E-state index contributed by atoms with van der Waals surface area (Å²) in [7, 11) is 1.36. The Morgan fingerprint density at radius 3 is 2.47 bits per heavy atom.